The normalized spacial score (nSPS) is 13.1. The van der Waals surface area contributed by atoms with Crippen molar-refractivity contribution in [2.45, 2.75) is 18.6 Å². The fourth-order valence-corrected chi connectivity index (χ4v) is 1.25. The SMILES string of the molecule is CC(C)(c1nnc(/C=C/C(=O)O)o1)S(C)(=O)=O. The maximum atomic E-state index is 11.5. The van der Waals surface area contributed by atoms with Crippen LogP contribution >= 0.6 is 0 Å². The van der Waals surface area contributed by atoms with Crippen LogP contribution in [0.25, 0.3) is 6.08 Å². The minimum Gasteiger partial charge on any atom is -0.478 e. The van der Waals surface area contributed by atoms with E-state index >= 15 is 0 Å². The Morgan fingerprint density at radius 2 is 2.00 bits per heavy atom. The van der Waals surface area contributed by atoms with Gasteiger partial charge in [0.1, 0.15) is 4.75 Å². The zero-order chi connectivity index (χ0) is 13.3. The fraction of sp³-hybridized carbons (Fsp3) is 0.444. The summed E-state index contributed by atoms with van der Waals surface area (Å²) in [6, 6.07) is 0. The van der Waals surface area contributed by atoms with Crippen molar-refractivity contribution in [3.8, 4) is 0 Å². The first kappa shape index (κ1) is 13.4. The Hall–Kier alpha value is -1.70. The minimum absolute atomic E-state index is 0.0564. The van der Waals surface area contributed by atoms with Gasteiger partial charge in [0, 0.05) is 18.4 Å². The molecule has 17 heavy (non-hydrogen) atoms. The van der Waals surface area contributed by atoms with Gasteiger partial charge in [0.25, 0.3) is 0 Å². The first-order valence-electron chi connectivity index (χ1n) is 4.59. The highest BCUT2D eigenvalue weighted by Gasteiger charge is 2.37. The average molecular weight is 260 g/mol. The summed E-state index contributed by atoms with van der Waals surface area (Å²) in [5.41, 5.74) is 0. The summed E-state index contributed by atoms with van der Waals surface area (Å²) in [6.07, 6.45) is 2.98. The number of carbonyl (C=O) groups is 1. The predicted molar refractivity (Wildman–Crippen MR) is 58.8 cm³/mol. The topological polar surface area (TPSA) is 110 Å². The Kier molecular flexibility index (Phi) is 3.37. The lowest BCUT2D eigenvalue weighted by atomic mass is 10.2. The summed E-state index contributed by atoms with van der Waals surface area (Å²) in [4.78, 5) is 10.3. The molecule has 1 aromatic heterocycles. The van der Waals surface area contributed by atoms with E-state index in [4.69, 9.17) is 9.52 Å². The molecule has 0 fully saturated rings. The highest BCUT2D eigenvalue weighted by Crippen LogP contribution is 2.27. The van der Waals surface area contributed by atoms with Crippen LogP contribution in [0.5, 0.6) is 0 Å². The summed E-state index contributed by atoms with van der Waals surface area (Å²) in [7, 11) is -3.41. The summed E-state index contributed by atoms with van der Waals surface area (Å²) >= 11 is 0. The second kappa shape index (κ2) is 4.28. The van der Waals surface area contributed by atoms with Gasteiger partial charge in [-0.3, -0.25) is 0 Å². The number of rotatable bonds is 4. The molecule has 0 radical (unpaired) electrons. The highest BCUT2D eigenvalue weighted by molar-refractivity contribution is 7.91. The van der Waals surface area contributed by atoms with Crippen molar-refractivity contribution in [2.24, 2.45) is 0 Å². The van der Waals surface area contributed by atoms with E-state index in [-0.39, 0.29) is 11.8 Å². The molecule has 8 heteroatoms. The van der Waals surface area contributed by atoms with Crippen LogP contribution < -0.4 is 0 Å². The molecule has 7 nitrogen and oxygen atoms in total. The number of carboxylic acids is 1. The molecule has 1 N–H and O–H groups in total. The van der Waals surface area contributed by atoms with E-state index in [0.29, 0.717) is 0 Å². The molecule has 1 rings (SSSR count). The highest BCUT2D eigenvalue weighted by atomic mass is 32.2. The largest absolute Gasteiger partial charge is 0.478 e. The molecular weight excluding hydrogens is 248 g/mol. The maximum absolute atomic E-state index is 11.5. The van der Waals surface area contributed by atoms with Gasteiger partial charge in [-0.2, -0.15) is 0 Å². The van der Waals surface area contributed by atoms with Gasteiger partial charge in [-0.25, -0.2) is 13.2 Å². The number of hydrogen-bond acceptors (Lipinski definition) is 6. The number of sulfone groups is 1. The van der Waals surface area contributed by atoms with Crippen LogP contribution in [-0.4, -0.2) is 35.9 Å². The van der Waals surface area contributed by atoms with Crippen molar-refractivity contribution in [3.63, 3.8) is 0 Å². The average Bonchev–Trinajstić information content (AvgIpc) is 2.61. The van der Waals surface area contributed by atoms with Crippen LogP contribution in [0.4, 0.5) is 0 Å². The molecule has 1 aromatic rings. The van der Waals surface area contributed by atoms with Crippen LogP contribution in [0.2, 0.25) is 0 Å². The number of nitrogens with zero attached hydrogens (tertiary/aromatic N) is 2. The van der Waals surface area contributed by atoms with Crippen LogP contribution in [0.1, 0.15) is 25.6 Å². The smallest absolute Gasteiger partial charge is 0.328 e. The lowest BCUT2D eigenvalue weighted by molar-refractivity contribution is -0.131. The monoisotopic (exact) mass is 260 g/mol. The zero-order valence-electron chi connectivity index (χ0n) is 9.54. The van der Waals surface area contributed by atoms with Gasteiger partial charge in [-0.1, -0.05) is 0 Å². The molecular formula is C9H12N2O5S. The summed E-state index contributed by atoms with van der Waals surface area (Å²) in [5, 5.41) is 15.5. The van der Waals surface area contributed by atoms with Gasteiger partial charge >= 0.3 is 5.97 Å². The Morgan fingerprint density at radius 1 is 1.41 bits per heavy atom. The molecule has 0 aliphatic carbocycles. The van der Waals surface area contributed by atoms with Crippen molar-refractivity contribution in [1.29, 1.82) is 0 Å². The van der Waals surface area contributed by atoms with Gasteiger partial charge in [0.15, 0.2) is 9.84 Å². The van der Waals surface area contributed by atoms with E-state index in [1.807, 2.05) is 0 Å². The van der Waals surface area contributed by atoms with Crippen molar-refractivity contribution in [3.05, 3.63) is 17.9 Å². The summed E-state index contributed by atoms with van der Waals surface area (Å²) in [6.45, 7) is 2.86. The molecule has 0 amide bonds. The Balaban J connectivity index is 3.08. The van der Waals surface area contributed by atoms with Crippen LogP contribution in [-0.2, 0) is 19.4 Å². The van der Waals surface area contributed by atoms with Crippen molar-refractivity contribution >= 4 is 21.9 Å². The van der Waals surface area contributed by atoms with Crippen LogP contribution in [0.15, 0.2) is 10.5 Å². The second-order valence-electron chi connectivity index (χ2n) is 3.90. The fourth-order valence-electron chi connectivity index (χ4n) is 0.846. The van der Waals surface area contributed by atoms with Crippen molar-refractivity contribution < 1.29 is 22.7 Å². The molecule has 94 valence electrons. The minimum atomic E-state index is -3.41. The standard InChI is InChI=1S/C9H12N2O5S/c1-9(2,17(3,14)15)8-11-10-6(16-8)4-5-7(12)13/h4-5H,1-3H3,(H,12,13)/b5-4+. The molecule has 0 saturated carbocycles. The number of hydrogen-bond donors (Lipinski definition) is 1. The number of aromatic nitrogens is 2. The first-order chi connectivity index (χ1) is 7.64. The lowest BCUT2D eigenvalue weighted by Crippen LogP contribution is -2.28. The third-order valence-electron chi connectivity index (χ3n) is 2.25. The van der Waals surface area contributed by atoms with Crippen molar-refractivity contribution in [1.82, 2.24) is 10.2 Å². The third-order valence-corrected chi connectivity index (χ3v) is 4.28. The molecule has 0 atom stereocenters. The number of aliphatic carboxylic acids is 1. The summed E-state index contributed by atoms with van der Waals surface area (Å²) in [5.74, 6) is -1.30. The molecule has 0 aromatic carbocycles. The van der Waals surface area contributed by atoms with E-state index < -0.39 is 20.6 Å². The Labute approximate surface area is 98.1 Å². The van der Waals surface area contributed by atoms with E-state index in [0.717, 1.165) is 18.4 Å². The lowest BCUT2D eigenvalue weighted by Gasteiger charge is -2.16. The molecule has 0 aliphatic heterocycles. The second-order valence-corrected chi connectivity index (χ2v) is 6.46. The molecule has 1 heterocycles. The summed E-state index contributed by atoms with van der Waals surface area (Å²) < 4.78 is 26.7. The number of carboxylic acid groups (broad SMARTS) is 1. The first-order valence-corrected chi connectivity index (χ1v) is 6.48. The molecule has 0 spiro atoms. The van der Waals surface area contributed by atoms with E-state index in [9.17, 15) is 13.2 Å². The Bertz CT molecular complexity index is 556. The van der Waals surface area contributed by atoms with Crippen LogP contribution in [0, 0.1) is 0 Å². The van der Waals surface area contributed by atoms with Gasteiger partial charge < -0.3 is 9.52 Å². The maximum Gasteiger partial charge on any atom is 0.328 e. The molecule has 0 unspecified atom stereocenters. The van der Waals surface area contributed by atoms with Gasteiger partial charge in [0.05, 0.1) is 0 Å². The van der Waals surface area contributed by atoms with Gasteiger partial charge in [0.2, 0.25) is 11.8 Å². The third kappa shape index (κ3) is 2.90. The van der Waals surface area contributed by atoms with Crippen LogP contribution in [0.3, 0.4) is 0 Å². The zero-order valence-corrected chi connectivity index (χ0v) is 10.4. The van der Waals surface area contributed by atoms with E-state index in [2.05, 4.69) is 10.2 Å². The molecule has 0 aliphatic rings. The quantitative estimate of drug-likeness (QED) is 0.782. The van der Waals surface area contributed by atoms with Gasteiger partial charge in [-0.05, 0) is 13.8 Å². The van der Waals surface area contributed by atoms with Gasteiger partial charge in [-0.15, -0.1) is 10.2 Å². The van der Waals surface area contributed by atoms with E-state index in [1.54, 1.807) is 0 Å². The van der Waals surface area contributed by atoms with E-state index in [1.165, 1.54) is 13.8 Å². The Morgan fingerprint density at radius 3 is 2.47 bits per heavy atom. The molecule has 0 saturated heterocycles. The van der Waals surface area contributed by atoms with Crippen molar-refractivity contribution in [2.75, 3.05) is 6.26 Å². The molecule has 0 bridgehead atoms. The predicted octanol–water partition coefficient (Wildman–Crippen LogP) is 0.447.